The molecule has 3 heterocycles. The van der Waals surface area contributed by atoms with Crippen LogP contribution in [0.2, 0.25) is 0 Å². The van der Waals surface area contributed by atoms with E-state index in [4.69, 9.17) is 4.74 Å². The Kier molecular flexibility index (Phi) is 5.67. The van der Waals surface area contributed by atoms with Crippen LogP contribution in [0, 0.1) is 0 Å². The van der Waals surface area contributed by atoms with Gasteiger partial charge in [-0.3, -0.25) is 9.11 Å². The second-order valence-electron chi connectivity index (χ2n) is 8.14. The van der Waals surface area contributed by atoms with E-state index >= 15 is 0 Å². The maximum Gasteiger partial charge on any atom is 0.122 e. The van der Waals surface area contributed by atoms with Crippen molar-refractivity contribution in [3.8, 4) is 5.75 Å². The largest absolute Gasteiger partial charge is 0.493 e. The van der Waals surface area contributed by atoms with Gasteiger partial charge in [0.1, 0.15) is 5.75 Å². The number of ether oxygens (including phenoxy) is 1. The summed E-state index contributed by atoms with van der Waals surface area (Å²) in [4.78, 5) is 5.29. The summed E-state index contributed by atoms with van der Waals surface area (Å²) in [5.74, 6) is 1.10. The summed E-state index contributed by atoms with van der Waals surface area (Å²) >= 11 is 0. The number of rotatable bonds is 4. The van der Waals surface area contributed by atoms with E-state index in [1.165, 1.54) is 37.1 Å². The molecule has 3 aliphatic rings. The normalized spacial score (nSPS) is 25.6. The molecule has 0 bridgehead atoms. The number of hydrogen-bond acceptors (Lipinski definition) is 4. The lowest BCUT2D eigenvalue weighted by atomic mass is 9.96. The van der Waals surface area contributed by atoms with Crippen LogP contribution in [0.25, 0.3) is 0 Å². The molecule has 2 unspecified atom stereocenters. The van der Waals surface area contributed by atoms with E-state index < -0.39 is 10.8 Å². The zero-order chi connectivity index (χ0) is 18.1. The third kappa shape index (κ3) is 3.85. The van der Waals surface area contributed by atoms with E-state index in [2.05, 4.69) is 34.9 Å². The van der Waals surface area contributed by atoms with Crippen molar-refractivity contribution < 1.29 is 8.95 Å². The molecule has 5 heteroatoms. The van der Waals surface area contributed by atoms with Crippen LogP contribution in [0.5, 0.6) is 5.75 Å². The fourth-order valence-corrected chi connectivity index (χ4v) is 5.74. The standard InChI is InChI=1S/C21H32N2O2S/c1-16(18-4-3-17-9-14-25-21(17)15-18)22-10-5-19(6-11-22)23-12-7-20(8-13-23)26(2)24/h3-4,15-16,19-20H,5-14H2,1-2H3. The van der Waals surface area contributed by atoms with Crippen molar-refractivity contribution in [3.63, 3.8) is 0 Å². The van der Waals surface area contributed by atoms with Crippen molar-refractivity contribution in [1.82, 2.24) is 9.80 Å². The fraction of sp³-hybridized carbons (Fsp3) is 0.714. The number of fused-ring (bicyclic) bond motifs is 1. The Morgan fingerprint density at radius 3 is 2.54 bits per heavy atom. The van der Waals surface area contributed by atoms with E-state index in [1.54, 1.807) is 0 Å². The second-order valence-corrected chi connectivity index (χ2v) is 9.81. The average Bonchev–Trinajstić information content (AvgIpc) is 3.15. The minimum absolute atomic E-state index is 0.424. The molecule has 0 N–H and O–H groups in total. The molecule has 1 aromatic carbocycles. The van der Waals surface area contributed by atoms with Crippen molar-refractivity contribution in [1.29, 1.82) is 0 Å². The molecule has 144 valence electrons. The van der Waals surface area contributed by atoms with Crippen LogP contribution in [0.15, 0.2) is 18.2 Å². The highest BCUT2D eigenvalue weighted by Crippen LogP contribution is 2.32. The molecule has 0 aromatic heterocycles. The summed E-state index contributed by atoms with van der Waals surface area (Å²) in [6.07, 6.45) is 7.64. The minimum atomic E-state index is -0.650. The van der Waals surface area contributed by atoms with Gasteiger partial charge >= 0.3 is 0 Å². The molecule has 4 nitrogen and oxygen atoms in total. The van der Waals surface area contributed by atoms with Gasteiger partial charge < -0.3 is 9.64 Å². The van der Waals surface area contributed by atoms with E-state index in [0.29, 0.717) is 17.3 Å². The Bertz CT molecular complexity index is 649. The Hall–Kier alpha value is -0.910. The molecule has 3 aliphatic heterocycles. The first-order chi connectivity index (χ1) is 12.6. The highest BCUT2D eigenvalue weighted by atomic mass is 32.2. The molecule has 4 rings (SSSR count). The number of benzene rings is 1. The molecular weight excluding hydrogens is 344 g/mol. The first kappa shape index (κ1) is 18.5. The van der Waals surface area contributed by atoms with E-state index in [-0.39, 0.29) is 0 Å². The van der Waals surface area contributed by atoms with Gasteiger partial charge in [0.05, 0.1) is 6.61 Å². The molecule has 2 saturated heterocycles. The molecule has 2 fully saturated rings. The highest BCUT2D eigenvalue weighted by molar-refractivity contribution is 7.84. The lowest BCUT2D eigenvalue weighted by Crippen LogP contribution is -2.49. The maximum absolute atomic E-state index is 11.7. The predicted molar refractivity (Wildman–Crippen MR) is 107 cm³/mol. The van der Waals surface area contributed by atoms with Crippen molar-refractivity contribution in [2.24, 2.45) is 0 Å². The van der Waals surface area contributed by atoms with E-state index in [0.717, 1.165) is 44.7 Å². The number of piperidine rings is 2. The number of likely N-dealkylation sites (tertiary alicyclic amines) is 2. The lowest BCUT2D eigenvalue weighted by Gasteiger charge is -2.43. The summed E-state index contributed by atoms with van der Waals surface area (Å²) in [5, 5.41) is 0.424. The third-order valence-corrected chi connectivity index (χ3v) is 8.12. The van der Waals surface area contributed by atoms with Gasteiger partial charge in [0.25, 0.3) is 0 Å². The van der Waals surface area contributed by atoms with Crippen molar-refractivity contribution in [2.45, 2.75) is 56.4 Å². The Morgan fingerprint density at radius 1 is 1.12 bits per heavy atom. The van der Waals surface area contributed by atoms with Crippen molar-refractivity contribution in [2.75, 3.05) is 39.0 Å². The van der Waals surface area contributed by atoms with Crippen LogP contribution in [0.3, 0.4) is 0 Å². The Labute approximate surface area is 160 Å². The second kappa shape index (κ2) is 7.99. The van der Waals surface area contributed by atoms with Gasteiger partial charge in [-0.15, -0.1) is 0 Å². The van der Waals surface area contributed by atoms with Crippen LogP contribution in [-0.2, 0) is 17.2 Å². The van der Waals surface area contributed by atoms with Crippen molar-refractivity contribution in [3.05, 3.63) is 29.3 Å². The quantitative estimate of drug-likeness (QED) is 0.809. The monoisotopic (exact) mass is 376 g/mol. The average molecular weight is 377 g/mol. The summed E-state index contributed by atoms with van der Waals surface area (Å²) in [6, 6.07) is 7.98. The smallest absolute Gasteiger partial charge is 0.122 e. The van der Waals surface area contributed by atoms with Gasteiger partial charge in [-0.25, -0.2) is 0 Å². The van der Waals surface area contributed by atoms with Crippen LogP contribution in [0.1, 0.15) is 49.8 Å². The molecule has 0 saturated carbocycles. The van der Waals surface area contributed by atoms with Crippen LogP contribution < -0.4 is 4.74 Å². The molecule has 1 aromatic rings. The molecular formula is C21H32N2O2S. The number of nitrogens with zero attached hydrogens (tertiary/aromatic N) is 2. The van der Waals surface area contributed by atoms with Crippen LogP contribution >= 0.6 is 0 Å². The van der Waals surface area contributed by atoms with Gasteiger partial charge in [0.2, 0.25) is 0 Å². The zero-order valence-electron chi connectivity index (χ0n) is 16.2. The van der Waals surface area contributed by atoms with E-state index in [1.807, 2.05) is 6.26 Å². The fourth-order valence-electron chi connectivity index (χ4n) is 4.86. The SMILES string of the molecule is CC(c1ccc2c(c1)OCC2)N1CCC(N2CCC(S(C)=O)CC2)CC1. The van der Waals surface area contributed by atoms with E-state index in [9.17, 15) is 4.21 Å². The third-order valence-electron chi connectivity index (χ3n) is 6.71. The van der Waals surface area contributed by atoms with Gasteiger partial charge in [-0.1, -0.05) is 12.1 Å². The summed E-state index contributed by atoms with van der Waals surface area (Å²) in [7, 11) is -0.650. The summed E-state index contributed by atoms with van der Waals surface area (Å²) in [5.41, 5.74) is 2.74. The molecule has 2 atom stereocenters. The Morgan fingerprint density at radius 2 is 1.85 bits per heavy atom. The van der Waals surface area contributed by atoms with Gasteiger partial charge in [-0.2, -0.15) is 0 Å². The van der Waals surface area contributed by atoms with Gasteiger partial charge in [-0.05, 0) is 62.9 Å². The molecule has 0 aliphatic carbocycles. The molecule has 0 amide bonds. The van der Waals surface area contributed by atoms with Crippen molar-refractivity contribution >= 4 is 10.8 Å². The summed E-state index contributed by atoms with van der Waals surface area (Å²) < 4.78 is 17.4. The predicted octanol–water partition coefficient (Wildman–Crippen LogP) is 2.99. The minimum Gasteiger partial charge on any atom is -0.493 e. The molecule has 0 radical (unpaired) electrons. The zero-order valence-corrected chi connectivity index (χ0v) is 17.0. The maximum atomic E-state index is 11.7. The molecule has 0 spiro atoms. The Balaban J connectivity index is 1.30. The topological polar surface area (TPSA) is 32.8 Å². The van der Waals surface area contributed by atoms with Crippen LogP contribution in [0.4, 0.5) is 0 Å². The highest BCUT2D eigenvalue weighted by Gasteiger charge is 2.30. The summed E-state index contributed by atoms with van der Waals surface area (Å²) in [6.45, 7) is 7.77. The van der Waals surface area contributed by atoms with Crippen LogP contribution in [-0.4, -0.2) is 64.3 Å². The lowest BCUT2D eigenvalue weighted by molar-refractivity contribution is 0.0766. The first-order valence-corrected chi connectivity index (χ1v) is 11.8. The van der Waals surface area contributed by atoms with Gasteiger partial charge in [0, 0.05) is 53.9 Å². The van der Waals surface area contributed by atoms with Gasteiger partial charge in [0.15, 0.2) is 0 Å². The molecule has 26 heavy (non-hydrogen) atoms. The first-order valence-electron chi connectivity index (χ1n) is 10.2. The number of hydrogen-bond donors (Lipinski definition) is 0.